The summed E-state index contributed by atoms with van der Waals surface area (Å²) >= 11 is 0. The van der Waals surface area contributed by atoms with E-state index in [1.807, 2.05) is 12.1 Å². The molecule has 0 fully saturated rings. The highest BCUT2D eigenvalue weighted by Gasteiger charge is 2.14. The van der Waals surface area contributed by atoms with Gasteiger partial charge in [0.1, 0.15) is 0 Å². The Morgan fingerprint density at radius 1 is 1.31 bits per heavy atom. The summed E-state index contributed by atoms with van der Waals surface area (Å²) in [5.74, 6) is 0. The lowest BCUT2D eigenvalue weighted by atomic mass is 10.3. The van der Waals surface area contributed by atoms with E-state index in [-0.39, 0.29) is 4.75 Å². The Morgan fingerprint density at radius 3 is 2.54 bits per heavy atom. The van der Waals surface area contributed by atoms with Gasteiger partial charge in [0.25, 0.3) is 5.03 Å². The van der Waals surface area contributed by atoms with Crippen molar-refractivity contribution in [2.24, 2.45) is 0 Å². The molecule has 2 nitrogen and oxygen atoms in total. The lowest BCUT2D eigenvalue weighted by molar-refractivity contribution is -0.645. The second-order valence-corrected chi connectivity index (χ2v) is 6.62. The van der Waals surface area contributed by atoms with Crippen molar-refractivity contribution < 1.29 is 4.73 Å². The molecule has 72 valence electrons. The first-order chi connectivity index (χ1) is 5.99. The Bertz CT molecular complexity index is 283. The van der Waals surface area contributed by atoms with Crippen molar-refractivity contribution in [1.29, 1.82) is 0 Å². The average Bonchev–Trinajstić information content (AvgIpc) is 2.01. The van der Waals surface area contributed by atoms with Gasteiger partial charge in [0.05, 0.1) is 0 Å². The molecule has 0 spiro atoms. The molecule has 4 heteroatoms. The molecule has 0 atom stereocenters. The zero-order chi connectivity index (χ0) is 9.90. The number of hydrogen-bond acceptors (Lipinski definition) is 3. The molecule has 0 aliphatic heterocycles. The summed E-state index contributed by atoms with van der Waals surface area (Å²) < 4.78 is 1.07. The Labute approximate surface area is 86.7 Å². The maximum absolute atomic E-state index is 11.2. The van der Waals surface area contributed by atoms with E-state index in [0.717, 1.165) is 9.76 Å². The fraction of sp³-hybridized carbons (Fsp3) is 0.444. The normalized spacial score (nSPS) is 11.6. The molecule has 1 rings (SSSR count). The van der Waals surface area contributed by atoms with Gasteiger partial charge in [-0.15, -0.1) is 0 Å². The lowest BCUT2D eigenvalue weighted by Gasteiger charge is -2.15. The molecule has 1 heterocycles. The van der Waals surface area contributed by atoms with Crippen LogP contribution in [0.25, 0.3) is 0 Å². The van der Waals surface area contributed by atoms with E-state index >= 15 is 0 Å². The van der Waals surface area contributed by atoms with Crippen LogP contribution in [0.4, 0.5) is 0 Å². The highest BCUT2D eigenvalue weighted by atomic mass is 33.1. The molecule has 13 heavy (non-hydrogen) atoms. The number of nitrogens with zero attached hydrogens (tertiary/aromatic N) is 1. The Kier molecular flexibility index (Phi) is 3.50. The van der Waals surface area contributed by atoms with Crippen LogP contribution in [0.3, 0.4) is 0 Å². The Hall–Kier alpha value is -0.350. The van der Waals surface area contributed by atoms with Crippen molar-refractivity contribution in [2.45, 2.75) is 30.5 Å². The third-order valence-electron chi connectivity index (χ3n) is 1.17. The largest absolute Gasteiger partial charge is 0.618 e. The van der Waals surface area contributed by atoms with Gasteiger partial charge in [-0.05, 0) is 6.07 Å². The third kappa shape index (κ3) is 3.91. The lowest BCUT2D eigenvalue weighted by Crippen LogP contribution is -2.27. The van der Waals surface area contributed by atoms with Crippen LogP contribution in [0.1, 0.15) is 20.8 Å². The number of pyridine rings is 1. The van der Waals surface area contributed by atoms with Gasteiger partial charge in [-0.3, -0.25) is 0 Å². The van der Waals surface area contributed by atoms with Crippen molar-refractivity contribution in [2.75, 3.05) is 0 Å². The van der Waals surface area contributed by atoms with Crippen LogP contribution in [-0.2, 0) is 0 Å². The van der Waals surface area contributed by atoms with E-state index < -0.39 is 0 Å². The molecule has 0 radical (unpaired) electrons. The molecule has 0 aliphatic carbocycles. The van der Waals surface area contributed by atoms with Gasteiger partial charge in [0.15, 0.2) is 6.20 Å². The van der Waals surface area contributed by atoms with Crippen molar-refractivity contribution in [3.05, 3.63) is 29.6 Å². The third-order valence-corrected chi connectivity index (χ3v) is 4.50. The van der Waals surface area contributed by atoms with Gasteiger partial charge in [0, 0.05) is 27.7 Å². The fourth-order valence-corrected chi connectivity index (χ4v) is 2.64. The first-order valence-electron chi connectivity index (χ1n) is 4.03. The van der Waals surface area contributed by atoms with Gasteiger partial charge in [-0.2, -0.15) is 4.73 Å². The smallest absolute Gasteiger partial charge is 0.261 e. The quantitative estimate of drug-likeness (QED) is 0.431. The molecule has 0 aromatic carbocycles. The maximum Gasteiger partial charge on any atom is 0.261 e. The molecule has 1 aromatic heterocycles. The van der Waals surface area contributed by atoms with Crippen LogP contribution in [0.2, 0.25) is 0 Å². The SMILES string of the molecule is CC(C)(C)SSc1cccc[n+]1[O-]. The van der Waals surface area contributed by atoms with E-state index in [2.05, 4.69) is 20.8 Å². The second-order valence-electron chi connectivity index (χ2n) is 3.64. The van der Waals surface area contributed by atoms with Gasteiger partial charge in [-0.1, -0.05) is 31.6 Å². The first-order valence-corrected chi connectivity index (χ1v) is 6.18. The van der Waals surface area contributed by atoms with E-state index in [9.17, 15) is 5.21 Å². The molecule has 0 unspecified atom stereocenters. The van der Waals surface area contributed by atoms with Gasteiger partial charge in [-0.25, -0.2) is 0 Å². The van der Waals surface area contributed by atoms with E-state index in [1.165, 1.54) is 17.0 Å². The van der Waals surface area contributed by atoms with Gasteiger partial charge < -0.3 is 5.21 Å². The molecule has 0 amide bonds. The molecule has 1 aromatic rings. The summed E-state index contributed by atoms with van der Waals surface area (Å²) in [5.41, 5.74) is 0. The van der Waals surface area contributed by atoms with E-state index in [0.29, 0.717) is 0 Å². The molecule has 0 N–H and O–H groups in total. The van der Waals surface area contributed by atoms with Crippen molar-refractivity contribution >= 4 is 21.6 Å². The van der Waals surface area contributed by atoms with E-state index in [1.54, 1.807) is 16.9 Å². The monoisotopic (exact) mass is 215 g/mol. The number of aromatic nitrogens is 1. The summed E-state index contributed by atoms with van der Waals surface area (Å²) in [5, 5.41) is 12.0. The fourth-order valence-electron chi connectivity index (χ4n) is 0.645. The zero-order valence-electron chi connectivity index (χ0n) is 7.98. The minimum absolute atomic E-state index is 0.174. The highest BCUT2D eigenvalue weighted by molar-refractivity contribution is 8.77. The van der Waals surface area contributed by atoms with Crippen LogP contribution in [0.15, 0.2) is 29.4 Å². The van der Waals surface area contributed by atoms with Crippen molar-refractivity contribution in [1.82, 2.24) is 0 Å². The molecule has 0 saturated heterocycles. The van der Waals surface area contributed by atoms with Crippen LogP contribution in [-0.4, -0.2) is 4.75 Å². The Morgan fingerprint density at radius 2 is 2.00 bits per heavy atom. The highest BCUT2D eigenvalue weighted by Crippen LogP contribution is 2.38. The van der Waals surface area contributed by atoms with E-state index in [4.69, 9.17) is 0 Å². The maximum atomic E-state index is 11.2. The van der Waals surface area contributed by atoms with Crippen molar-refractivity contribution in [3.63, 3.8) is 0 Å². The van der Waals surface area contributed by atoms with Gasteiger partial charge >= 0.3 is 0 Å². The number of hydrogen-bond donors (Lipinski definition) is 0. The minimum Gasteiger partial charge on any atom is -0.618 e. The first kappa shape index (κ1) is 10.7. The minimum atomic E-state index is 0.174. The second kappa shape index (κ2) is 4.24. The summed E-state index contributed by atoms with van der Waals surface area (Å²) in [6, 6.07) is 5.44. The summed E-state index contributed by atoms with van der Waals surface area (Å²) in [6.07, 6.45) is 1.52. The molecule has 0 aliphatic rings. The Balaban J connectivity index is 2.60. The van der Waals surface area contributed by atoms with Crippen LogP contribution in [0, 0.1) is 5.21 Å². The summed E-state index contributed by atoms with van der Waals surface area (Å²) in [4.78, 5) is 0. The topological polar surface area (TPSA) is 26.9 Å². The molecule has 0 bridgehead atoms. The standard InChI is InChI=1S/C9H13NOS2/c1-9(2,3)13-12-8-6-4-5-7-10(8)11/h4-7H,1-3H3. The van der Waals surface area contributed by atoms with Crippen LogP contribution < -0.4 is 4.73 Å². The van der Waals surface area contributed by atoms with Crippen LogP contribution in [0.5, 0.6) is 0 Å². The molecular formula is C9H13NOS2. The molecular weight excluding hydrogens is 202 g/mol. The summed E-state index contributed by atoms with van der Waals surface area (Å²) in [7, 11) is 3.22. The average molecular weight is 215 g/mol. The van der Waals surface area contributed by atoms with Crippen molar-refractivity contribution in [3.8, 4) is 0 Å². The zero-order valence-corrected chi connectivity index (χ0v) is 9.61. The summed E-state index contributed by atoms with van der Waals surface area (Å²) in [6.45, 7) is 6.38. The predicted octanol–water partition coefficient (Wildman–Crippen LogP) is 2.86. The molecule has 0 saturated carbocycles. The van der Waals surface area contributed by atoms with Gasteiger partial charge in [0.2, 0.25) is 0 Å². The van der Waals surface area contributed by atoms with Crippen LogP contribution >= 0.6 is 21.6 Å². The number of rotatable bonds is 2. The predicted molar refractivity (Wildman–Crippen MR) is 58.6 cm³/mol.